The van der Waals surface area contributed by atoms with Gasteiger partial charge in [-0.15, -0.1) is 0 Å². The van der Waals surface area contributed by atoms with E-state index in [4.69, 9.17) is 4.74 Å². The van der Waals surface area contributed by atoms with Crippen LogP contribution in [0.1, 0.15) is 36.8 Å². The number of fused-ring (bicyclic) bond motifs is 1. The Morgan fingerprint density at radius 3 is 3.04 bits per heavy atom. The molecule has 1 fully saturated rings. The third kappa shape index (κ3) is 3.66. The van der Waals surface area contributed by atoms with Gasteiger partial charge in [0.1, 0.15) is 11.9 Å². The minimum absolute atomic E-state index is 0.00259. The minimum atomic E-state index is -0.475. The fourth-order valence-corrected chi connectivity index (χ4v) is 3.16. The van der Waals surface area contributed by atoms with Gasteiger partial charge in [-0.1, -0.05) is 0 Å². The van der Waals surface area contributed by atoms with Crippen LogP contribution in [0.15, 0.2) is 30.6 Å². The zero-order valence-electron chi connectivity index (χ0n) is 14.0. The average molecular weight is 342 g/mol. The number of ether oxygens (including phenoxy) is 1. The van der Waals surface area contributed by atoms with E-state index in [0.717, 1.165) is 37.2 Å². The molecule has 25 heavy (non-hydrogen) atoms. The molecule has 1 atom stereocenters. The van der Waals surface area contributed by atoms with Crippen molar-refractivity contribution < 1.29 is 14.6 Å². The lowest BCUT2D eigenvalue weighted by Crippen LogP contribution is -2.34. The lowest BCUT2D eigenvalue weighted by Gasteiger charge is -2.20. The van der Waals surface area contributed by atoms with E-state index in [0.29, 0.717) is 24.8 Å². The summed E-state index contributed by atoms with van der Waals surface area (Å²) in [4.78, 5) is 18.3. The fraction of sp³-hybridized carbons (Fsp3) is 0.500. The molecular formula is C18H22N4O3. The standard InChI is InChI=1S/C18H22N4O3/c23-17(12-25-15-3-1-6-19-10-15)21-7-2-8-22-14(11-21)9-16(20-22)18(24)13-4-5-13/h1,3,6,9-10,13,18,24H,2,4-5,7-8,11-12H2/t18-/m0/s1. The highest BCUT2D eigenvalue weighted by atomic mass is 16.5. The van der Waals surface area contributed by atoms with Crippen LogP contribution in [0.2, 0.25) is 0 Å². The van der Waals surface area contributed by atoms with Gasteiger partial charge in [0.25, 0.3) is 5.91 Å². The Hall–Kier alpha value is -2.41. The molecule has 1 amide bonds. The minimum Gasteiger partial charge on any atom is -0.482 e. The quantitative estimate of drug-likeness (QED) is 0.891. The number of pyridine rings is 1. The number of hydrogen-bond acceptors (Lipinski definition) is 5. The van der Waals surface area contributed by atoms with E-state index >= 15 is 0 Å². The van der Waals surface area contributed by atoms with Crippen LogP contribution in [0.5, 0.6) is 5.75 Å². The molecule has 1 N–H and O–H groups in total. The second kappa shape index (κ2) is 6.84. The maximum absolute atomic E-state index is 12.5. The molecule has 4 rings (SSSR count). The summed E-state index contributed by atoms with van der Waals surface area (Å²) in [5.74, 6) is 0.887. The van der Waals surface area contributed by atoms with Gasteiger partial charge in [-0.2, -0.15) is 5.10 Å². The van der Waals surface area contributed by atoms with Crippen molar-refractivity contribution in [1.82, 2.24) is 19.7 Å². The van der Waals surface area contributed by atoms with Crippen LogP contribution in [0, 0.1) is 5.92 Å². The van der Waals surface area contributed by atoms with Crippen molar-refractivity contribution in [3.8, 4) is 5.75 Å². The van der Waals surface area contributed by atoms with Crippen molar-refractivity contribution in [2.45, 2.75) is 38.5 Å². The third-order valence-electron chi connectivity index (χ3n) is 4.75. The summed E-state index contributed by atoms with van der Waals surface area (Å²) in [5, 5.41) is 14.8. The van der Waals surface area contributed by atoms with Gasteiger partial charge in [0, 0.05) is 19.3 Å². The largest absolute Gasteiger partial charge is 0.482 e. The van der Waals surface area contributed by atoms with Gasteiger partial charge in [-0.25, -0.2) is 0 Å². The highest BCUT2D eigenvalue weighted by Crippen LogP contribution is 2.40. The van der Waals surface area contributed by atoms with Crippen molar-refractivity contribution in [3.05, 3.63) is 42.0 Å². The van der Waals surface area contributed by atoms with Crippen LogP contribution < -0.4 is 4.74 Å². The van der Waals surface area contributed by atoms with Gasteiger partial charge in [-0.05, 0) is 43.4 Å². The SMILES string of the molecule is O=C(COc1cccnc1)N1CCCn2nc([C@@H](O)C3CC3)cc2C1. The van der Waals surface area contributed by atoms with Gasteiger partial charge < -0.3 is 14.7 Å². The molecule has 1 saturated carbocycles. The molecule has 1 aliphatic heterocycles. The van der Waals surface area contributed by atoms with E-state index in [1.165, 1.54) is 0 Å². The molecule has 0 radical (unpaired) electrons. The van der Waals surface area contributed by atoms with Crippen LogP contribution in [0.25, 0.3) is 0 Å². The molecule has 7 nitrogen and oxygen atoms in total. The molecule has 132 valence electrons. The number of carbonyl (C=O) groups excluding carboxylic acids is 1. The smallest absolute Gasteiger partial charge is 0.260 e. The topological polar surface area (TPSA) is 80.5 Å². The first-order chi connectivity index (χ1) is 12.2. The van der Waals surface area contributed by atoms with Gasteiger partial charge in [0.15, 0.2) is 6.61 Å². The highest BCUT2D eigenvalue weighted by Gasteiger charge is 2.33. The molecule has 0 aromatic carbocycles. The first-order valence-electron chi connectivity index (χ1n) is 8.76. The summed E-state index contributed by atoms with van der Waals surface area (Å²) in [5.41, 5.74) is 1.71. The van der Waals surface area contributed by atoms with Crippen LogP contribution in [-0.4, -0.2) is 43.8 Å². The zero-order chi connectivity index (χ0) is 17.2. The number of rotatable bonds is 5. The summed E-state index contributed by atoms with van der Waals surface area (Å²) in [7, 11) is 0. The molecule has 2 aromatic rings. The molecule has 0 saturated heterocycles. The Bertz CT molecular complexity index is 742. The first kappa shape index (κ1) is 16.1. The predicted molar refractivity (Wildman–Crippen MR) is 89.7 cm³/mol. The monoisotopic (exact) mass is 342 g/mol. The maximum Gasteiger partial charge on any atom is 0.260 e. The van der Waals surface area contributed by atoms with Crippen LogP contribution in [0.3, 0.4) is 0 Å². The zero-order valence-corrected chi connectivity index (χ0v) is 14.0. The Balaban J connectivity index is 1.40. The van der Waals surface area contributed by atoms with Gasteiger partial charge in [0.2, 0.25) is 0 Å². The molecule has 3 heterocycles. The van der Waals surface area contributed by atoms with Crippen LogP contribution in [-0.2, 0) is 17.9 Å². The summed E-state index contributed by atoms with van der Waals surface area (Å²) in [6.07, 6.45) is 5.76. The number of aliphatic hydroxyl groups excluding tert-OH is 1. The number of nitrogens with zero attached hydrogens (tertiary/aromatic N) is 4. The van der Waals surface area contributed by atoms with E-state index in [1.807, 2.05) is 10.7 Å². The van der Waals surface area contributed by atoms with E-state index in [9.17, 15) is 9.90 Å². The van der Waals surface area contributed by atoms with E-state index in [-0.39, 0.29) is 12.5 Å². The second-order valence-electron chi connectivity index (χ2n) is 6.71. The van der Waals surface area contributed by atoms with Crippen molar-refractivity contribution in [1.29, 1.82) is 0 Å². The number of aryl methyl sites for hydroxylation is 1. The molecule has 7 heteroatoms. The number of hydrogen-bond donors (Lipinski definition) is 1. The lowest BCUT2D eigenvalue weighted by atomic mass is 10.1. The summed E-state index contributed by atoms with van der Waals surface area (Å²) < 4.78 is 7.44. The third-order valence-corrected chi connectivity index (χ3v) is 4.75. The molecule has 0 unspecified atom stereocenters. The Labute approximate surface area is 146 Å². The normalized spacial score (nSPS) is 18.4. The van der Waals surface area contributed by atoms with Crippen molar-refractivity contribution >= 4 is 5.91 Å². The summed E-state index contributed by atoms with van der Waals surface area (Å²) in [6, 6.07) is 5.50. The molecule has 0 bridgehead atoms. The fourth-order valence-electron chi connectivity index (χ4n) is 3.16. The summed E-state index contributed by atoms with van der Waals surface area (Å²) >= 11 is 0. The van der Waals surface area contributed by atoms with Crippen LogP contribution >= 0.6 is 0 Å². The van der Waals surface area contributed by atoms with Crippen molar-refractivity contribution in [2.75, 3.05) is 13.2 Å². The number of aromatic nitrogens is 3. The Morgan fingerprint density at radius 2 is 2.28 bits per heavy atom. The van der Waals surface area contributed by atoms with Gasteiger partial charge >= 0.3 is 0 Å². The highest BCUT2D eigenvalue weighted by molar-refractivity contribution is 5.77. The molecule has 2 aliphatic rings. The number of carbonyl (C=O) groups is 1. The maximum atomic E-state index is 12.5. The Morgan fingerprint density at radius 1 is 1.40 bits per heavy atom. The van der Waals surface area contributed by atoms with Crippen molar-refractivity contribution in [3.63, 3.8) is 0 Å². The van der Waals surface area contributed by atoms with Gasteiger partial charge in [0.05, 0.1) is 24.1 Å². The predicted octanol–water partition coefficient (Wildman–Crippen LogP) is 1.53. The average Bonchev–Trinajstić information content (AvgIpc) is 3.44. The summed E-state index contributed by atoms with van der Waals surface area (Å²) in [6.45, 7) is 1.94. The lowest BCUT2D eigenvalue weighted by molar-refractivity contribution is -0.134. The molecule has 1 aliphatic carbocycles. The molecule has 0 spiro atoms. The molecule has 2 aromatic heterocycles. The van der Waals surface area contributed by atoms with Crippen molar-refractivity contribution in [2.24, 2.45) is 5.92 Å². The van der Waals surface area contributed by atoms with Crippen LogP contribution in [0.4, 0.5) is 0 Å². The second-order valence-corrected chi connectivity index (χ2v) is 6.71. The molecular weight excluding hydrogens is 320 g/mol. The van der Waals surface area contributed by atoms with Gasteiger partial charge in [-0.3, -0.25) is 14.5 Å². The van der Waals surface area contributed by atoms with E-state index < -0.39 is 6.10 Å². The van der Waals surface area contributed by atoms with E-state index in [2.05, 4.69) is 10.1 Å². The Kier molecular flexibility index (Phi) is 4.40. The number of amides is 1. The first-order valence-corrected chi connectivity index (χ1v) is 8.76. The number of aliphatic hydroxyl groups is 1. The van der Waals surface area contributed by atoms with E-state index in [1.54, 1.807) is 29.4 Å².